The van der Waals surface area contributed by atoms with E-state index in [1.54, 1.807) is 18.7 Å². The maximum Gasteiger partial charge on any atom is 0.227 e. The third-order valence-corrected chi connectivity index (χ3v) is 12.5. The molecular weight excluding hydrogens is 900 g/mol. The maximum atomic E-state index is 14.0. The molecule has 0 aliphatic carbocycles. The van der Waals surface area contributed by atoms with Crippen LogP contribution in [0.3, 0.4) is 0 Å². The zero-order chi connectivity index (χ0) is 48.3. The van der Waals surface area contributed by atoms with Gasteiger partial charge in [0.25, 0.3) is 0 Å². The molecule has 0 saturated carbocycles. The van der Waals surface area contributed by atoms with Crippen molar-refractivity contribution in [2.75, 3.05) is 77.5 Å². The normalized spacial score (nSPS) is 13.1. The van der Waals surface area contributed by atoms with Crippen LogP contribution in [0.1, 0.15) is 104 Å². The van der Waals surface area contributed by atoms with Gasteiger partial charge in [-0.05, 0) is 51.2 Å². The number of fused-ring (bicyclic) bond motifs is 5. The van der Waals surface area contributed by atoms with Gasteiger partial charge in [-0.1, -0.05) is 92.6 Å². The number of ether oxygens (including phenoxy) is 4. The van der Waals surface area contributed by atoms with E-state index in [1.165, 1.54) is 0 Å². The molecule has 0 saturated heterocycles. The Morgan fingerprint density at radius 1 is 0.687 bits per heavy atom. The number of nitrogens with zero attached hydrogens (tertiary/aromatic N) is 4. The maximum absolute atomic E-state index is 14.0. The summed E-state index contributed by atoms with van der Waals surface area (Å²) in [7, 11) is 0. The zero-order valence-corrected chi connectivity index (χ0v) is 41.6. The number of hydrogen-bond acceptors (Lipinski definition) is 14. The molecule has 372 valence electrons. The van der Waals surface area contributed by atoms with Gasteiger partial charge in [-0.15, -0.1) is 5.10 Å². The van der Waals surface area contributed by atoms with E-state index in [-0.39, 0.29) is 55.0 Å². The van der Waals surface area contributed by atoms with Crippen molar-refractivity contribution in [2.24, 2.45) is 5.92 Å². The van der Waals surface area contributed by atoms with Crippen molar-refractivity contribution in [3.8, 4) is 22.5 Å². The van der Waals surface area contributed by atoms with Crippen LogP contribution >= 0.6 is 6.72 Å². The van der Waals surface area contributed by atoms with Gasteiger partial charge in [-0.25, -0.2) is 4.68 Å². The second kappa shape index (κ2) is 31.2. The molecule has 2 N–H and O–H groups in total. The molecule has 1 aliphatic rings. The fraction of sp³-hybridized carbons (Fsp3) is 0.625. The quantitative estimate of drug-likeness (QED) is 0.0491. The van der Waals surface area contributed by atoms with Crippen LogP contribution in [0.15, 0.2) is 48.5 Å². The van der Waals surface area contributed by atoms with Crippen LogP contribution in [0.5, 0.6) is 0 Å². The zero-order valence-electron chi connectivity index (χ0n) is 39.9. The molecule has 4 rings (SSSR count). The van der Waals surface area contributed by atoms with Crippen LogP contribution in [-0.2, 0) is 72.1 Å². The first kappa shape index (κ1) is 55.6. The Balaban J connectivity index is 1.15. The van der Waals surface area contributed by atoms with Crippen molar-refractivity contribution in [3.05, 3.63) is 54.1 Å². The highest BCUT2D eigenvalue weighted by molar-refractivity contribution is 8.06. The number of aryl methyl sites for hydroxylation is 1. The number of amides is 3. The molecule has 0 spiro atoms. The number of nitrogens with one attached hydrogen (secondary N) is 2. The second-order valence-electron chi connectivity index (χ2n) is 16.8. The third kappa shape index (κ3) is 21.1. The van der Waals surface area contributed by atoms with Gasteiger partial charge >= 0.3 is 0 Å². The van der Waals surface area contributed by atoms with E-state index in [0.717, 1.165) is 78.7 Å². The van der Waals surface area contributed by atoms with E-state index in [0.29, 0.717) is 91.9 Å². The Labute approximate surface area is 401 Å². The van der Waals surface area contributed by atoms with Crippen LogP contribution in [0.25, 0.3) is 22.5 Å². The van der Waals surface area contributed by atoms with Crippen molar-refractivity contribution >= 4 is 47.7 Å². The fourth-order valence-corrected chi connectivity index (χ4v) is 8.88. The summed E-state index contributed by atoms with van der Waals surface area (Å²) in [5.41, 5.74) is 4.92. The Kier molecular flexibility index (Phi) is 25.9. The monoisotopic (exact) mass is 971 g/mol. The van der Waals surface area contributed by atoms with E-state index >= 15 is 0 Å². The van der Waals surface area contributed by atoms with Crippen molar-refractivity contribution in [1.29, 1.82) is 0 Å². The first-order chi connectivity index (χ1) is 32.4. The summed E-state index contributed by atoms with van der Waals surface area (Å²) in [6.45, 7) is 9.12. The van der Waals surface area contributed by atoms with Gasteiger partial charge in [-0.2, -0.15) is 0 Å². The van der Waals surface area contributed by atoms with E-state index in [2.05, 4.69) is 20.9 Å². The van der Waals surface area contributed by atoms with Gasteiger partial charge in [0.1, 0.15) is 18.2 Å². The molecule has 1 aromatic heterocycles. The van der Waals surface area contributed by atoms with E-state index < -0.39 is 6.72 Å². The Morgan fingerprint density at radius 3 is 2.01 bits per heavy atom. The minimum Gasteiger partial charge on any atom is -0.780 e. The first-order valence-electron chi connectivity index (χ1n) is 23.8. The number of Topliss-reactive ketones (excluding diaryl/α,β-unsaturated/α-hetero) is 1. The van der Waals surface area contributed by atoms with E-state index in [4.69, 9.17) is 39.8 Å². The molecule has 3 amide bonds. The summed E-state index contributed by atoms with van der Waals surface area (Å²) in [5.74, 6) is -0.173. The number of aromatic nitrogens is 3. The SMILES string of the molecule is CC(C)OP([O-])(=S)OCCCCCCNC(=O)CCCCCn1nnc2c1-c1ccccc1N(C(=O)CCC(=O)NCCOCCOCCOCCOCCC(=O)C(C)C)Cc1ccccc1-2. The molecule has 67 heavy (non-hydrogen) atoms. The molecule has 2 aromatic carbocycles. The number of rotatable bonds is 35. The van der Waals surface area contributed by atoms with Crippen molar-refractivity contribution in [1.82, 2.24) is 25.6 Å². The summed E-state index contributed by atoms with van der Waals surface area (Å²) in [4.78, 5) is 64.7. The topological polar surface area (TPSA) is 205 Å². The van der Waals surface area contributed by atoms with E-state index in [9.17, 15) is 24.1 Å². The lowest BCUT2D eigenvalue weighted by Crippen LogP contribution is -2.34. The number of carbonyl (C=O) groups excluding carboxylic acids is 4. The number of benzene rings is 2. The number of anilines is 1. The van der Waals surface area contributed by atoms with Crippen molar-refractivity contribution in [3.63, 3.8) is 0 Å². The van der Waals surface area contributed by atoms with Crippen molar-refractivity contribution < 1.29 is 52.1 Å². The molecule has 1 unspecified atom stereocenters. The van der Waals surface area contributed by atoms with Crippen molar-refractivity contribution in [2.45, 2.75) is 118 Å². The number of hydrogen-bond donors (Lipinski definition) is 2. The molecule has 2 heterocycles. The van der Waals surface area contributed by atoms with Gasteiger partial charge in [0.05, 0.1) is 83.5 Å². The first-order valence-corrected chi connectivity index (χ1v) is 26.3. The van der Waals surface area contributed by atoms with Crippen LogP contribution in [0, 0.1) is 5.92 Å². The van der Waals surface area contributed by atoms with Gasteiger partial charge in [-0.3, -0.25) is 19.2 Å². The predicted molar refractivity (Wildman–Crippen MR) is 258 cm³/mol. The lowest BCUT2D eigenvalue weighted by atomic mass is 9.95. The molecule has 1 atom stereocenters. The van der Waals surface area contributed by atoms with Crippen LogP contribution < -0.4 is 20.4 Å². The molecule has 17 nitrogen and oxygen atoms in total. The highest BCUT2D eigenvalue weighted by Crippen LogP contribution is 2.42. The lowest BCUT2D eigenvalue weighted by Gasteiger charge is -2.29. The van der Waals surface area contributed by atoms with Gasteiger partial charge < -0.3 is 48.4 Å². The molecule has 3 aromatic rings. The predicted octanol–water partition coefficient (Wildman–Crippen LogP) is 6.30. The summed E-state index contributed by atoms with van der Waals surface area (Å²) in [6.07, 6.45) is 6.33. The Hall–Kier alpha value is -3.97. The standard InChI is InChI=1S/C48H73N6O11PS/c1-37(2)43(55)23-28-60-30-32-62-34-35-63-33-31-61-29-25-50-45(57)21-22-46(58)53-36-39-16-9-10-17-40(39)47-48(41-18-11-12-19-42(41)53)54(52-51-47)26-14-7-8-20-44(56)49-24-13-5-6-15-27-64-66(59,67)65-38(3)4/h9-12,16-19,37-38H,5-8,13-15,20-36H2,1-4H3,(H,49,56)(H,50,57)(H,59,67)/p-1. The number of ketones is 1. The van der Waals surface area contributed by atoms with Crippen LogP contribution in [-0.4, -0.2) is 117 Å². The summed E-state index contributed by atoms with van der Waals surface area (Å²) >= 11 is 4.88. The third-order valence-electron chi connectivity index (χ3n) is 10.7. The average Bonchev–Trinajstić information content (AvgIpc) is 3.71. The summed E-state index contributed by atoms with van der Waals surface area (Å²) in [5, 5.41) is 15.1. The summed E-state index contributed by atoms with van der Waals surface area (Å²) < 4.78 is 34.3. The molecule has 0 bridgehead atoms. The lowest BCUT2D eigenvalue weighted by molar-refractivity contribution is -0.209. The molecule has 0 fully saturated rings. The molecule has 0 radical (unpaired) electrons. The number of unbranched alkanes of at least 4 members (excludes halogenated alkanes) is 5. The smallest absolute Gasteiger partial charge is 0.227 e. The Morgan fingerprint density at radius 2 is 1.30 bits per heavy atom. The largest absolute Gasteiger partial charge is 0.780 e. The van der Waals surface area contributed by atoms with Crippen LogP contribution in [0.2, 0.25) is 0 Å². The fourth-order valence-electron chi connectivity index (χ4n) is 7.21. The number of para-hydroxylation sites is 1. The second-order valence-corrected chi connectivity index (χ2v) is 19.5. The Bertz CT molecular complexity index is 2020. The van der Waals surface area contributed by atoms with Gasteiger partial charge in [0.15, 0.2) is 0 Å². The minimum atomic E-state index is -3.42. The number of carbonyl (C=O) groups is 4. The molecular formula is C48H72N6O11PS-. The van der Waals surface area contributed by atoms with Crippen LogP contribution in [0.4, 0.5) is 5.69 Å². The highest BCUT2D eigenvalue weighted by Gasteiger charge is 2.29. The average molecular weight is 972 g/mol. The van der Waals surface area contributed by atoms with E-state index in [1.807, 2.05) is 67.1 Å². The molecule has 1 aliphatic heterocycles. The van der Waals surface area contributed by atoms with Gasteiger partial charge in [0, 0.05) is 62.4 Å². The summed E-state index contributed by atoms with van der Waals surface area (Å²) in [6, 6.07) is 15.6. The highest BCUT2D eigenvalue weighted by atomic mass is 32.5. The van der Waals surface area contributed by atoms with Gasteiger partial charge in [0.2, 0.25) is 17.7 Å². The minimum absolute atomic E-state index is 0.0200. The molecule has 19 heteroatoms.